The summed E-state index contributed by atoms with van der Waals surface area (Å²) in [4.78, 5) is 27.8. The van der Waals surface area contributed by atoms with Gasteiger partial charge >= 0.3 is 0 Å². The van der Waals surface area contributed by atoms with Gasteiger partial charge in [0, 0.05) is 38.7 Å². The molecule has 1 aliphatic rings. The van der Waals surface area contributed by atoms with E-state index in [0.29, 0.717) is 43.7 Å². The molecule has 168 valence electrons. The van der Waals surface area contributed by atoms with Gasteiger partial charge in [0.15, 0.2) is 11.0 Å². The Bertz CT molecular complexity index is 1070. The molecule has 1 aromatic carbocycles. The summed E-state index contributed by atoms with van der Waals surface area (Å²) in [6.45, 7) is 4.24. The van der Waals surface area contributed by atoms with E-state index in [1.807, 2.05) is 41.0 Å². The van der Waals surface area contributed by atoms with Crippen LogP contribution < -0.4 is 4.74 Å². The Kier molecular flexibility index (Phi) is 6.79. The molecular weight excluding hydrogens is 430 g/mol. The first-order valence-corrected chi connectivity index (χ1v) is 11.3. The second kappa shape index (κ2) is 9.90. The predicted octanol–water partition coefficient (Wildman–Crippen LogP) is 2.38. The Morgan fingerprint density at radius 3 is 2.56 bits per heavy atom. The molecule has 4 rings (SSSR count). The Balaban J connectivity index is 1.50. The van der Waals surface area contributed by atoms with Crippen LogP contribution in [0.15, 0.2) is 52.2 Å². The van der Waals surface area contributed by atoms with E-state index >= 15 is 0 Å². The van der Waals surface area contributed by atoms with Gasteiger partial charge in [-0.05, 0) is 24.3 Å². The van der Waals surface area contributed by atoms with E-state index in [2.05, 4.69) is 10.2 Å². The fraction of sp³-hybridized carbons (Fsp3) is 0.364. The van der Waals surface area contributed by atoms with Crippen LogP contribution in [0.1, 0.15) is 12.7 Å². The first-order valence-electron chi connectivity index (χ1n) is 10.3. The Labute approximate surface area is 190 Å². The zero-order chi connectivity index (χ0) is 22.5. The number of amides is 2. The van der Waals surface area contributed by atoms with Crippen LogP contribution in [0.5, 0.6) is 5.75 Å². The largest absolute Gasteiger partial charge is 0.497 e. The lowest BCUT2D eigenvalue weighted by atomic mass is 10.2. The highest BCUT2D eigenvalue weighted by Gasteiger charge is 2.23. The molecule has 2 aromatic heterocycles. The summed E-state index contributed by atoms with van der Waals surface area (Å²) < 4.78 is 12.8. The molecule has 32 heavy (non-hydrogen) atoms. The van der Waals surface area contributed by atoms with E-state index in [1.54, 1.807) is 30.1 Å². The van der Waals surface area contributed by atoms with Gasteiger partial charge in [-0.1, -0.05) is 23.9 Å². The third kappa shape index (κ3) is 4.96. The fourth-order valence-electron chi connectivity index (χ4n) is 3.56. The molecule has 0 radical (unpaired) electrons. The lowest BCUT2D eigenvalue weighted by Gasteiger charge is -2.34. The quantitative estimate of drug-likeness (QED) is 0.505. The van der Waals surface area contributed by atoms with E-state index in [4.69, 9.17) is 9.15 Å². The summed E-state index contributed by atoms with van der Waals surface area (Å²) in [5.41, 5.74) is 0.863. The minimum atomic E-state index is 0.0219. The average molecular weight is 456 g/mol. The van der Waals surface area contributed by atoms with E-state index in [0.717, 1.165) is 17.1 Å². The number of nitrogens with zero attached hydrogens (tertiary/aromatic N) is 5. The average Bonchev–Trinajstić information content (AvgIpc) is 3.48. The molecule has 1 saturated heterocycles. The molecule has 10 heteroatoms. The molecule has 2 amide bonds. The smallest absolute Gasteiger partial charge is 0.233 e. The lowest BCUT2D eigenvalue weighted by molar-refractivity contribution is -0.136. The molecule has 0 saturated carbocycles. The number of rotatable bonds is 7. The summed E-state index contributed by atoms with van der Waals surface area (Å²) in [6.07, 6.45) is 1.63. The van der Waals surface area contributed by atoms with Crippen molar-refractivity contribution in [2.24, 2.45) is 0 Å². The molecule has 0 spiro atoms. The molecule has 0 unspecified atom stereocenters. The molecule has 3 heterocycles. The minimum absolute atomic E-state index is 0.0219. The maximum Gasteiger partial charge on any atom is 0.233 e. The molecule has 0 N–H and O–H groups in total. The summed E-state index contributed by atoms with van der Waals surface area (Å²) in [6, 6.07) is 11.3. The Hall–Kier alpha value is -3.27. The zero-order valence-electron chi connectivity index (χ0n) is 18.1. The number of hydrogen-bond acceptors (Lipinski definition) is 7. The number of hydrogen-bond donors (Lipinski definition) is 0. The maximum absolute atomic E-state index is 12.7. The number of methoxy groups -OCH3 is 1. The van der Waals surface area contributed by atoms with Gasteiger partial charge in [0.25, 0.3) is 0 Å². The van der Waals surface area contributed by atoms with Crippen LogP contribution in [0.25, 0.3) is 11.4 Å². The van der Waals surface area contributed by atoms with Crippen LogP contribution in [-0.4, -0.2) is 75.4 Å². The van der Waals surface area contributed by atoms with Crippen molar-refractivity contribution in [1.82, 2.24) is 24.6 Å². The number of benzene rings is 1. The second-order valence-electron chi connectivity index (χ2n) is 7.38. The normalized spacial score (nSPS) is 13.9. The molecule has 1 fully saturated rings. The highest BCUT2D eigenvalue weighted by atomic mass is 32.2. The van der Waals surface area contributed by atoms with Gasteiger partial charge in [0.1, 0.15) is 11.5 Å². The van der Waals surface area contributed by atoms with Crippen molar-refractivity contribution in [2.75, 3.05) is 39.0 Å². The van der Waals surface area contributed by atoms with Crippen molar-refractivity contribution in [2.45, 2.75) is 18.6 Å². The van der Waals surface area contributed by atoms with Gasteiger partial charge in [0.05, 0.1) is 25.7 Å². The molecule has 0 atom stereocenters. The van der Waals surface area contributed by atoms with Gasteiger partial charge in [-0.3, -0.25) is 14.2 Å². The monoisotopic (exact) mass is 455 g/mol. The van der Waals surface area contributed by atoms with E-state index in [1.165, 1.54) is 11.8 Å². The van der Waals surface area contributed by atoms with Gasteiger partial charge in [0.2, 0.25) is 11.8 Å². The molecular formula is C22H25N5O4S. The Morgan fingerprint density at radius 2 is 1.88 bits per heavy atom. The van der Waals surface area contributed by atoms with Crippen LogP contribution in [0.3, 0.4) is 0 Å². The third-order valence-electron chi connectivity index (χ3n) is 5.34. The zero-order valence-corrected chi connectivity index (χ0v) is 18.9. The molecule has 3 aromatic rings. The van der Waals surface area contributed by atoms with Gasteiger partial charge in [-0.2, -0.15) is 0 Å². The minimum Gasteiger partial charge on any atom is -0.497 e. The van der Waals surface area contributed by atoms with Crippen molar-refractivity contribution in [3.8, 4) is 17.1 Å². The van der Waals surface area contributed by atoms with E-state index < -0.39 is 0 Å². The van der Waals surface area contributed by atoms with Crippen molar-refractivity contribution in [1.29, 1.82) is 0 Å². The van der Waals surface area contributed by atoms with Gasteiger partial charge in [-0.15, -0.1) is 10.2 Å². The highest BCUT2D eigenvalue weighted by molar-refractivity contribution is 7.99. The first kappa shape index (κ1) is 21.9. The van der Waals surface area contributed by atoms with Crippen LogP contribution in [0.2, 0.25) is 0 Å². The number of furan rings is 1. The first-order chi connectivity index (χ1) is 15.5. The molecule has 0 aliphatic carbocycles. The number of ether oxygens (including phenoxy) is 1. The summed E-state index contributed by atoms with van der Waals surface area (Å²) in [7, 11) is 1.62. The fourth-order valence-corrected chi connectivity index (χ4v) is 4.40. The van der Waals surface area contributed by atoms with E-state index in [-0.39, 0.29) is 17.6 Å². The van der Waals surface area contributed by atoms with Crippen molar-refractivity contribution in [3.63, 3.8) is 0 Å². The lowest BCUT2D eigenvalue weighted by Crippen LogP contribution is -2.50. The number of carbonyl (C=O) groups excluding carboxylic acids is 2. The second-order valence-corrected chi connectivity index (χ2v) is 8.32. The standard InChI is InChI=1S/C22H25N5O4S/c1-16(28)25-8-10-26(11-9-25)20(29)15-32-22-24-23-21(17-5-3-6-18(13-17)30-2)27(22)14-19-7-4-12-31-19/h3-7,12-13H,8-11,14-15H2,1-2H3. The number of piperazine rings is 1. The number of carbonyl (C=O) groups is 2. The van der Waals surface area contributed by atoms with Crippen molar-refractivity contribution in [3.05, 3.63) is 48.4 Å². The summed E-state index contributed by atoms with van der Waals surface area (Å²) in [5.74, 6) is 2.47. The summed E-state index contributed by atoms with van der Waals surface area (Å²) in [5, 5.41) is 9.37. The van der Waals surface area contributed by atoms with Crippen LogP contribution in [0.4, 0.5) is 0 Å². The molecule has 1 aliphatic heterocycles. The van der Waals surface area contributed by atoms with Gasteiger partial charge in [-0.25, -0.2) is 0 Å². The van der Waals surface area contributed by atoms with E-state index in [9.17, 15) is 9.59 Å². The highest BCUT2D eigenvalue weighted by Crippen LogP contribution is 2.28. The topological polar surface area (TPSA) is 93.7 Å². The third-order valence-corrected chi connectivity index (χ3v) is 6.29. The van der Waals surface area contributed by atoms with Crippen molar-refractivity contribution >= 4 is 23.6 Å². The summed E-state index contributed by atoms with van der Waals surface area (Å²) >= 11 is 1.35. The maximum atomic E-state index is 12.7. The SMILES string of the molecule is COc1cccc(-c2nnc(SCC(=O)N3CCN(C(C)=O)CC3)n2Cc2ccco2)c1. The van der Waals surface area contributed by atoms with Crippen LogP contribution in [-0.2, 0) is 16.1 Å². The molecule has 9 nitrogen and oxygen atoms in total. The van der Waals surface area contributed by atoms with Crippen LogP contribution >= 0.6 is 11.8 Å². The Morgan fingerprint density at radius 1 is 1.09 bits per heavy atom. The van der Waals surface area contributed by atoms with Gasteiger partial charge < -0.3 is 19.0 Å². The van der Waals surface area contributed by atoms with Crippen molar-refractivity contribution < 1.29 is 18.7 Å². The number of aromatic nitrogens is 3. The predicted molar refractivity (Wildman–Crippen MR) is 119 cm³/mol. The number of thioether (sulfide) groups is 1. The van der Waals surface area contributed by atoms with Crippen LogP contribution in [0, 0.1) is 0 Å². The molecule has 0 bridgehead atoms.